The van der Waals surface area contributed by atoms with Crippen LogP contribution in [0.5, 0.6) is 23.0 Å². The third kappa shape index (κ3) is 6.03. The van der Waals surface area contributed by atoms with Gasteiger partial charge in [0.05, 0.1) is 40.7 Å². The molecule has 0 aromatic heterocycles. The number of benzene rings is 2. The van der Waals surface area contributed by atoms with E-state index >= 15 is 0 Å². The van der Waals surface area contributed by atoms with Gasteiger partial charge in [-0.2, -0.15) is 0 Å². The lowest BCUT2D eigenvalue weighted by atomic mass is 10.1. The first kappa shape index (κ1) is 25.1. The Labute approximate surface area is 182 Å². The molecule has 2 aromatic carbocycles. The second-order valence-corrected chi connectivity index (χ2v) is 6.03. The van der Waals surface area contributed by atoms with Crippen molar-refractivity contribution in [3.63, 3.8) is 0 Å². The number of anilines is 1. The Kier molecular flexibility index (Phi) is 9.97. The van der Waals surface area contributed by atoms with Crippen LogP contribution in [-0.2, 0) is 4.79 Å². The van der Waals surface area contributed by atoms with E-state index in [0.29, 0.717) is 28.7 Å². The summed E-state index contributed by atoms with van der Waals surface area (Å²) in [6.45, 7) is -0.450. The summed E-state index contributed by atoms with van der Waals surface area (Å²) >= 11 is 0. The Morgan fingerprint density at radius 2 is 1.53 bits per heavy atom. The number of hydrogen-bond donors (Lipinski definition) is 3. The summed E-state index contributed by atoms with van der Waals surface area (Å²) in [5, 5.41) is 11.7. The zero-order valence-corrected chi connectivity index (χ0v) is 18.1. The predicted octanol–water partition coefficient (Wildman–Crippen LogP) is 2.57. The van der Waals surface area contributed by atoms with Crippen molar-refractivity contribution >= 4 is 36.2 Å². The zero-order chi connectivity index (χ0) is 21.4. The van der Waals surface area contributed by atoms with Crippen LogP contribution in [0.15, 0.2) is 30.3 Å². The lowest BCUT2D eigenvalue weighted by Crippen LogP contribution is -2.38. The third-order valence-corrected chi connectivity index (χ3v) is 4.17. The molecule has 0 bridgehead atoms. The quantitative estimate of drug-likeness (QED) is 0.516. The van der Waals surface area contributed by atoms with Crippen LogP contribution in [0.4, 0.5) is 5.69 Å². The van der Waals surface area contributed by atoms with Gasteiger partial charge in [-0.1, -0.05) is 18.2 Å². The summed E-state index contributed by atoms with van der Waals surface area (Å²) < 4.78 is 21.3. The molecule has 0 aliphatic carbocycles. The molecule has 0 aliphatic rings. The van der Waals surface area contributed by atoms with Gasteiger partial charge in [0, 0.05) is 0 Å². The molecule has 164 valence electrons. The molecule has 0 aliphatic heterocycles. The van der Waals surface area contributed by atoms with Gasteiger partial charge in [0.25, 0.3) is 0 Å². The number of rotatable bonds is 9. The molecular formula is C21H27ClN2O6. The van der Waals surface area contributed by atoms with Crippen molar-refractivity contribution in [3.05, 3.63) is 41.5 Å². The largest absolute Gasteiger partial charge is 0.495 e. The van der Waals surface area contributed by atoms with Crippen molar-refractivity contribution < 1.29 is 28.8 Å². The van der Waals surface area contributed by atoms with Crippen molar-refractivity contribution in [2.75, 3.05) is 40.4 Å². The molecule has 9 heteroatoms. The van der Waals surface area contributed by atoms with Crippen LogP contribution < -0.4 is 30.0 Å². The number of methoxy groups -OCH3 is 4. The molecule has 0 radical (unpaired) electrons. The zero-order valence-electron chi connectivity index (χ0n) is 17.3. The number of hydrogen-bond acceptors (Lipinski definition) is 7. The van der Waals surface area contributed by atoms with Crippen LogP contribution in [0.3, 0.4) is 0 Å². The molecule has 0 heterocycles. The SMILES string of the molecule is COc1ccc(/C=C/c2cc(OC)c(OC)c(OC)c2)cc1NC(=O)C(N)CO.Cl. The van der Waals surface area contributed by atoms with E-state index in [1.165, 1.54) is 7.11 Å². The number of carbonyl (C=O) groups excluding carboxylic acids is 1. The highest BCUT2D eigenvalue weighted by atomic mass is 35.5. The van der Waals surface area contributed by atoms with Gasteiger partial charge in [-0.25, -0.2) is 0 Å². The monoisotopic (exact) mass is 438 g/mol. The standard InChI is InChI=1S/C21H26N2O6.ClH/c1-26-17-8-7-13(9-16(17)23-21(25)15(22)12-24)5-6-14-10-18(27-2)20(29-4)19(11-14)28-3;/h5-11,15,24H,12,22H2,1-4H3,(H,23,25);1H/b6-5+;. The van der Waals surface area contributed by atoms with E-state index in [9.17, 15) is 4.79 Å². The Bertz CT molecular complexity index is 863. The van der Waals surface area contributed by atoms with Crippen molar-refractivity contribution in [1.29, 1.82) is 0 Å². The van der Waals surface area contributed by atoms with E-state index in [2.05, 4.69) is 5.32 Å². The number of aliphatic hydroxyl groups is 1. The van der Waals surface area contributed by atoms with Gasteiger partial charge in [-0.05, 0) is 35.4 Å². The van der Waals surface area contributed by atoms with Crippen LogP contribution in [0, 0.1) is 0 Å². The average Bonchev–Trinajstić information content (AvgIpc) is 2.76. The molecule has 0 spiro atoms. The maximum Gasteiger partial charge on any atom is 0.243 e. The molecule has 2 aromatic rings. The van der Waals surface area contributed by atoms with Gasteiger partial charge in [-0.3, -0.25) is 4.79 Å². The fourth-order valence-electron chi connectivity index (χ4n) is 2.63. The lowest BCUT2D eigenvalue weighted by molar-refractivity contribution is -0.118. The van der Waals surface area contributed by atoms with Crippen molar-refractivity contribution in [3.8, 4) is 23.0 Å². The highest BCUT2D eigenvalue weighted by Gasteiger charge is 2.15. The molecule has 0 fully saturated rings. The average molecular weight is 439 g/mol. The first-order valence-corrected chi connectivity index (χ1v) is 8.80. The number of amides is 1. The van der Waals surface area contributed by atoms with Crippen LogP contribution >= 0.6 is 12.4 Å². The van der Waals surface area contributed by atoms with Gasteiger partial charge in [0.15, 0.2) is 11.5 Å². The molecule has 1 atom stereocenters. The fourth-order valence-corrected chi connectivity index (χ4v) is 2.63. The Balaban J connectivity index is 0.00000450. The van der Waals surface area contributed by atoms with Crippen molar-refractivity contribution in [1.82, 2.24) is 0 Å². The molecule has 1 amide bonds. The normalized spacial score (nSPS) is 11.4. The topological polar surface area (TPSA) is 112 Å². The van der Waals surface area contributed by atoms with E-state index < -0.39 is 18.6 Å². The molecule has 8 nitrogen and oxygen atoms in total. The maximum atomic E-state index is 12.0. The summed E-state index contributed by atoms with van der Waals surface area (Å²) in [6, 6.07) is 7.95. The van der Waals surface area contributed by atoms with E-state index in [0.717, 1.165) is 11.1 Å². The summed E-state index contributed by atoms with van der Waals surface area (Å²) in [4.78, 5) is 12.0. The van der Waals surface area contributed by atoms with Gasteiger partial charge >= 0.3 is 0 Å². The summed E-state index contributed by atoms with van der Waals surface area (Å²) in [6.07, 6.45) is 3.74. The minimum atomic E-state index is -1.02. The molecule has 0 saturated heterocycles. The first-order chi connectivity index (χ1) is 14.0. The Morgan fingerprint density at radius 1 is 0.967 bits per heavy atom. The molecule has 4 N–H and O–H groups in total. The minimum absolute atomic E-state index is 0. The van der Waals surface area contributed by atoms with Crippen molar-refractivity contribution in [2.24, 2.45) is 5.73 Å². The number of halogens is 1. The van der Waals surface area contributed by atoms with Gasteiger partial charge in [0.2, 0.25) is 11.7 Å². The molecular weight excluding hydrogens is 412 g/mol. The smallest absolute Gasteiger partial charge is 0.243 e. The second-order valence-electron chi connectivity index (χ2n) is 6.03. The van der Waals surface area contributed by atoms with E-state index in [4.69, 9.17) is 29.8 Å². The molecule has 2 rings (SSSR count). The van der Waals surface area contributed by atoms with Gasteiger partial charge in [-0.15, -0.1) is 12.4 Å². The van der Waals surface area contributed by atoms with E-state index in [1.54, 1.807) is 33.5 Å². The number of carbonyl (C=O) groups is 1. The highest BCUT2D eigenvalue weighted by molar-refractivity contribution is 5.96. The maximum absolute atomic E-state index is 12.0. The number of aliphatic hydroxyl groups excluding tert-OH is 1. The lowest BCUT2D eigenvalue weighted by Gasteiger charge is -2.14. The fraction of sp³-hybridized carbons (Fsp3) is 0.286. The minimum Gasteiger partial charge on any atom is -0.495 e. The summed E-state index contributed by atoms with van der Waals surface area (Å²) in [7, 11) is 6.16. The van der Waals surface area contributed by atoms with Crippen molar-refractivity contribution in [2.45, 2.75) is 6.04 Å². The third-order valence-electron chi connectivity index (χ3n) is 4.17. The number of nitrogens with one attached hydrogen (secondary N) is 1. The molecule has 1 unspecified atom stereocenters. The first-order valence-electron chi connectivity index (χ1n) is 8.80. The van der Waals surface area contributed by atoms with Crippen LogP contribution in [0.1, 0.15) is 11.1 Å². The molecule has 30 heavy (non-hydrogen) atoms. The Hall–Kier alpha value is -2.94. The van der Waals surface area contributed by atoms with Crippen LogP contribution in [0.25, 0.3) is 12.2 Å². The van der Waals surface area contributed by atoms with Crippen LogP contribution in [-0.4, -0.2) is 52.1 Å². The second kappa shape index (κ2) is 11.9. The van der Waals surface area contributed by atoms with E-state index in [1.807, 2.05) is 30.4 Å². The Morgan fingerprint density at radius 3 is 2.03 bits per heavy atom. The molecule has 0 saturated carbocycles. The summed E-state index contributed by atoms with van der Waals surface area (Å²) in [5.74, 6) is 1.59. The van der Waals surface area contributed by atoms with Gasteiger partial charge in [0.1, 0.15) is 11.8 Å². The highest BCUT2D eigenvalue weighted by Crippen LogP contribution is 2.38. The summed E-state index contributed by atoms with van der Waals surface area (Å²) in [5.41, 5.74) is 7.66. The van der Waals surface area contributed by atoms with Crippen LogP contribution in [0.2, 0.25) is 0 Å². The number of ether oxygens (including phenoxy) is 4. The number of nitrogens with two attached hydrogens (primary N) is 1. The van der Waals surface area contributed by atoms with E-state index in [-0.39, 0.29) is 12.4 Å². The van der Waals surface area contributed by atoms with Gasteiger partial charge < -0.3 is 35.1 Å². The predicted molar refractivity (Wildman–Crippen MR) is 119 cm³/mol.